The van der Waals surface area contributed by atoms with Crippen LogP contribution in [0.25, 0.3) is 5.69 Å². The third kappa shape index (κ3) is 1.30. The number of aromatic nitrogens is 4. The number of aryl methyl sites for hydroxylation is 2. The highest BCUT2D eigenvalue weighted by Crippen LogP contribution is 2.38. The molecular weight excluding hydrogens is 226 g/mol. The summed E-state index contributed by atoms with van der Waals surface area (Å²) in [5.74, 6) is 1.86. The normalized spacial score (nSPS) is 15.8. The Bertz CT molecular complexity index is 639. The van der Waals surface area contributed by atoms with Gasteiger partial charge in [0, 0.05) is 5.69 Å². The molecule has 94 valence electrons. The van der Waals surface area contributed by atoms with Crippen LogP contribution in [0.5, 0.6) is 0 Å². The highest BCUT2D eigenvalue weighted by atomic mass is 15.3. The molecule has 3 heterocycles. The number of hydrogen-bond acceptors (Lipinski definition) is 4. The van der Waals surface area contributed by atoms with Gasteiger partial charge in [0.05, 0.1) is 23.1 Å². The van der Waals surface area contributed by atoms with Crippen molar-refractivity contribution in [3.8, 4) is 5.69 Å². The maximum absolute atomic E-state index is 4.43. The maximum Gasteiger partial charge on any atom is 0.162 e. The number of nitrogens with one attached hydrogen (secondary N) is 1. The lowest BCUT2D eigenvalue weighted by molar-refractivity contribution is 0.533. The monoisotopic (exact) mass is 243 g/mol. The third-order valence-electron chi connectivity index (χ3n) is 3.59. The number of anilines is 1. The lowest BCUT2D eigenvalue weighted by Crippen LogP contribution is -2.36. The first-order valence-electron chi connectivity index (χ1n) is 6.09. The lowest BCUT2D eigenvalue weighted by Gasteiger charge is -2.34. The molecule has 1 N–H and O–H groups in total. The Kier molecular flexibility index (Phi) is 2.06. The first-order valence-corrected chi connectivity index (χ1v) is 6.09. The Labute approximate surface area is 106 Å². The van der Waals surface area contributed by atoms with Gasteiger partial charge in [0.1, 0.15) is 5.82 Å². The summed E-state index contributed by atoms with van der Waals surface area (Å²) in [6.07, 6.45) is 1.89. The van der Waals surface area contributed by atoms with Crippen LogP contribution < -0.4 is 5.32 Å². The standard InChI is InChI=1S/C13H17N5/c1-7-8(2)14-6-10-11(7)18-9(3)16-17-12(18)13(4,5)15-10/h6,15H,1-5H3. The molecule has 0 spiro atoms. The molecule has 0 fully saturated rings. The van der Waals surface area contributed by atoms with Gasteiger partial charge in [-0.05, 0) is 40.2 Å². The first kappa shape index (κ1) is 11.2. The van der Waals surface area contributed by atoms with Gasteiger partial charge in [-0.2, -0.15) is 0 Å². The zero-order chi connectivity index (χ0) is 13.1. The Morgan fingerprint density at radius 2 is 1.89 bits per heavy atom. The molecule has 0 aromatic carbocycles. The number of nitrogens with zero attached hydrogens (tertiary/aromatic N) is 4. The summed E-state index contributed by atoms with van der Waals surface area (Å²) in [5.41, 5.74) is 4.13. The molecule has 0 radical (unpaired) electrons. The summed E-state index contributed by atoms with van der Waals surface area (Å²) in [6.45, 7) is 10.3. The van der Waals surface area contributed by atoms with Crippen LogP contribution in [0.3, 0.4) is 0 Å². The van der Waals surface area contributed by atoms with Gasteiger partial charge in [-0.15, -0.1) is 10.2 Å². The molecule has 0 unspecified atom stereocenters. The average molecular weight is 243 g/mol. The van der Waals surface area contributed by atoms with Gasteiger partial charge >= 0.3 is 0 Å². The highest BCUT2D eigenvalue weighted by molar-refractivity contribution is 5.68. The third-order valence-corrected chi connectivity index (χ3v) is 3.59. The summed E-state index contributed by atoms with van der Waals surface area (Å²) in [5, 5.41) is 12.0. The van der Waals surface area contributed by atoms with Crippen LogP contribution in [0.2, 0.25) is 0 Å². The van der Waals surface area contributed by atoms with Crippen molar-refractivity contribution in [2.75, 3.05) is 5.32 Å². The van der Waals surface area contributed by atoms with Crippen molar-refractivity contribution in [2.24, 2.45) is 0 Å². The predicted molar refractivity (Wildman–Crippen MR) is 70.0 cm³/mol. The van der Waals surface area contributed by atoms with Crippen LogP contribution in [0.15, 0.2) is 6.20 Å². The second-order valence-corrected chi connectivity index (χ2v) is 5.39. The van der Waals surface area contributed by atoms with Gasteiger partial charge in [-0.1, -0.05) is 0 Å². The van der Waals surface area contributed by atoms with E-state index >= 15 is 0 Å². The fourth-order valence-corrected chi connectivity index (χ4v) is 2.50. The molecule has 1 aliphatic heterocycles. The largest absolute Gasteiger partial charge is 0.370 e. The van der Waals surface area contributed by atoms with Crippen molar-refractivity contribution in [1.82, 2.24) is 19.7 Å². The molecule has 2 aromatic heterocycles. The Morgan fingerprint density at radius 1 is 1.17 bits per heavy atom. The van der Waals surface area contributed by atoms with Gasteiger partial charge in [0.15, 0.2) is 5.82 Å². The number of rotatable bonds is 0. The zero-order valence-electron chi connectivity index (χ0n) is 11.4. The zero-order valence-corrected chi connectivity index (χ0v) is 11.4. The summed E-state index contributed by atoms with van der Waals surface area (Å²) in [4.78, 5) is 4.43. The molecule has 0 saturated carbocycles. The topological polar surface area (TPSA) is 55.6 Å². The lowest BCUT2D eigenvalue weighted by atomic mass is 9.99. The van der Waals surface area contributed by atoms with E-state index in [1.54, 1.807) is 0 Å². The summed E-state index contributed by atoms with van der Waals surface area (Å²) in [7, 11) is 0. The fourth-order valence-electron chi connectivity index (χ4n) is 2.50. The predicted octanol–water partition coefficient (Wildman–Crippen LogP) is 2.25. The van der Waals surface area contributed by atoms with Crippen molar-refractivity contribution in [2.45, 2.75) is 40.2 Å². The van der Waals surface area contributed by atoms with Gasteiger partial charge in [0.25, 0.3) is 0 Å². The van der Waals surface area contributed by atoms with E-state index in [1.165, 1.54) is 5.56 Å². The van der Waals surface area contributed by atoms with E-state index in [-0.39, 0.29) is 5.54 Å². The molecule has 2 aromatic rings. The summed E-state index contributed by atoms with van der Waals surface area (Å²) < 4.78 is 2.13. The van der Waals surface area contributed by atoms with E-state index in [4.69, 9.17) is 0 Å². The molecular formula is C13H17N5. The van der Waals surface area contributed by atoms with Crippen molar-refractivity contribution in [3.63, 3.8) is 0 Å². The highest BCUT2D eigenvalue weighted by Gasteiger charge is 2.35. The molecule has 0 saturated heterocycles. The smallest absolute Gasteiger partial charge is 0.162 e. The van der Waals surface area contributed by atoms with Crippen molar-refractivity contribution < 1.29 is 0 Å². The van der Waals surface area contributed by atoms with Crippen molar-refractivity contribution >= 4 is 5.69 Å². The van der Waals surface area contributed by atoms with Crippen molar-refractivity contribution in [3.05, 3.63) is 29.1 Å². The number of fused-ring (bicyclic) bond motifs is 3. The molecule has 0 aliphatic carbocycles. The first-order chi connectivity index (χ1) is 8.42. The average Bonchev–Trinajstić information content (AvgIpc) is 2.67. The van der Waals surface area contributed by atoms with Crippen LogP contribution in [0.4, 0.5) is 5.69 Å². The Hall–Kier alpha value is -1.91. The molecule has 0 atom stereocenters. The SMILES string of the molecule is Cc1ncc2c(c1C)-n1c(C)nnc1C(C)(C)N2. The second kappa shape index (κ2) is 3.31. The van der Waals surface area contributed by atoms with Crippen LogP contribution in [-0.2, 0) is 5.54 Å². The van der Waals surface area contributed by atoms with Crippen LogP contribution in [0, 0.1) is 20.8 Å². The van der Waals surface area contributed by atoms with Crippen LogP contribution in [0.1, 0.15) is 36.8 Å². The molecule has 5 nitrogen and oxygen atoms in total. The van der Waals surface area contributed by atoms with Gasteiger partial charge in [-0.3, -0.25) is 9.55 Å². The minimum Gasteiger partial charge on any atom is -0.370 e. The number of pyridine rings is 1. The van der Waals surface area contributed by atoms with E-state index in [9.17, 15) is 0 Å². The van der Waals surface area contributed by atoms with Gasteiger partial charge in [-0.25, -0.2) is 0 Å². The molecule has 3 rings (SSSR count). The summed E-state index contributed by atoms with van der Waals surface area (Å²) in [6, 6.07) is 0. The van der Waals surface area contributed by atoms with E-state index in [0.717, 1.165) is 28.7 Å². The number of hydrogen-bond donors (Lipinski definition) is 1. The second-order valence-electron chi connectivity index (χ2n) is 5.39. The molecule has 18 heavy (non-hydrogen) atoms. The van der Waals surface area contributed by atoms with Crippen LogP contribution in [-0.4, -0.2) is 19.7 Å². The van der Waals surface area contributed by atoms with E-state index in [1.807, 2.05) is 20.0 Å². The molecule has 1 aliphatic rings. The van der Waals surface area contributed by atoms with E-state index < -0.39 is 0 Å². The molecule has 0 bridgehead atoms. The van der Waals surface area contributed by atoms with Crippen LogP contribution >= 0.6 is 0 Å². The molecule has 5 heteroatoms. The van der Waals surface area contributed by atoms with E-state index in [0.29, 0.717) is 0 Å². The minimum absolute atomic E-state index is 0.238. The van der Waals surface area contributed by atoms with Gasteiger partial charge in [0.2, 0.25) is 0 Å². The quantitative estimate of drug-likeness (QED) is 0.771. The Morgan fingerprint density at radius 3 is 2.61 bits per heavy atom. The Balaban J connectivity index is 2.40. The maximum atomic E-state index is 4.43. The van der Waals surface area contributed by atoms with Crippen molar-refractivity contribution in [1.29, 1.82) is 0 Å². The minimum atomic E-state index is -0.238. The van der Waals surface area contributed by atoms with Gasteiger partial charge < -0.3 is 5.32 Å². The fraction of sp³-hybridized carbons (Fsp3) is 0.462. The molecule has 0 amide bonds. The summed E-state index contributed by atoms with van der Waals surface area (Å²) >= 11 is 0. The van der Waals surface area contributed by atoms with E-state index in [2.05, 4.69) is 45.8 Å².